The Balaban J connectivity index is 1.48. The molecule has 2 aromatic carbocycles. The van der Waals surface area contributed by atoms with Crippen molar-refractivity contribution in [3.05, 3.63) is 65.0 Å². The summed E-state index contributed by atoms with van der Waals surface area (Å²) in [6.07, 6.45) is 0.0766. The number of ether oxygens (including phenoxy) is 2. The van der Waals surface area contributed by atoms with E-state index in [1.54, 1.807) is 0 Å². The molecule has 0 saturated heterocycles. The smallest absolute Gasteiger partial charge is 0.304 e. The van der Waals surface area contributed by atoms with Gasteiger partial charge in [0.2, 0.25) is 0 Å². The van der Waals surface area contributed by atoms with Crippen molar-refractivity contribution in [3.63, 3.8) is 0 Å². The molecular weight excluding hydrogens is 368 g/mol. The van der Waals surface area contributed by atoms with E-state index in [4.69, 9.17) is 14.6 Å². The van der Waals surface area contributed by atoms with Crippen LogP contribution in [0.25, 0.3) is 11.1 Å². The third kappa shape index (κ3) is 3.83. The molecule has 29 heavy (non-hydrogen) atoms. The molecule has 0 aliphatic carbocycles. The van der Waals surface area contributed by atoms with E-state index in [-0.39, 0.29) is 12.3 Å². The van der Waals surface area contributed by atoms with Crippen LogP contribution in [-0.4, -0.2) is 27.5 Å². The lowest BCUT2D eigenvalue weighted by Crippen LogP contribution is -2.07. The standard InChI is InChI=1S/C23H24N2O4/c1-14-23(15(2)25(3)24-14)17-6-4-5-16(9-17)12-28-19-7-8-20-18(10-22(26)27)13-29-21(20)11-19/h4-9,11,18H,10,12-13H2,1-3H3,(H,26,27). The third-order valence-electron chi connectivity index (χ3n) is 5.42. The second-order valence-corrected chi connectivity index (χ2v) is 7.46. The van der Waals surface area contributed by atoms with Crippen LogP contribution in [0.1, 0.15) is 34.9 Å². The van der Waals surface area contributed by atoms with Gasteiger partial charge in [0.15, 0.2) is 0 Å². The highest BCUT2D eigenvalue weighted by Gasteiger charge is 2.26. The molecule has 1 aromatic heterocycles. The number of hydrogen-bond acceptors (Lipinski definition) is 4. The molecule has 0 bridgehead atoms. The van der Waals surface area contributed by atoms with Crippen LogP contribution in [-0.2, 0) is 18.4 Å². The molecule has 1 atom stereocenters. The lowest BCUT2D eigenvalue weighted by molar-refractivity contribution is -0.137. The van der Waals surface area contributed by atoms with Gasteiger partial charge >= 0.3 is 5.97 Å². The van der Waals surface area contributed by atoms with Crippen molar-refractivity contribution >= 4 is 5.97 Å². The Labute approximate surface area is 169 Å². The number of carbonyl (C=O) groups is 1. The topological polar surface area (TPSA) is 73.6 Å². The Morgan fingerprint density at radius 3 is 2.83 bits per heavy atom. The summed E-state index contributed by atoms with van der Waals surface area (Å²) in [6.45, 7) is 4.93. The SMILES string of the molecule is Cc1nn(C)c(C)c1-c1cccc(COc2ccc3c(c2)OCC3CC(=O)O)c1. The van der Waals surface area contributed by atoms with Crippen molar-refractivity contribution in [1.82, 2.24) is 9.78 Å². The van der Waals surface area contributed by atoms with E-state index in [0.29, 0.717) is 24.7 Å². The fourth-order valence-electron chi connectivity index (χ4n) is 3.90. The van der Waals surface area contributed by atoms with Gasteiger partial charge in [0, 0.05) is 35.9 Å². The van der Waals surface area contributed by atoms with Crippen LogP contribution in [0.2, 0.25) is 0 Å². The number of hydrogen-bond donors (Lipinski definition) is 1. The average Bonchev–Trinajstić information content (AvgIpc) is 3.19. The van der Waals surface area contributed by atoms with Crippen LogP contribution in [0.15, 0.2) is 42.5 Å². The van der Waals surface area contributed by atoms with Crippen LogP contribution in [0.4, 0.5) is 0 Å². The van der Waals surface area contributed by atoms with Gasteiger partial charge in [-0.25, -0.2) is 0 Å². The summed E-state index contributed by atoms with van der Waals surface area (Å²) < 4.78 is 13.5. The fraction of sp³-hybridized carbons (Fsp3) is 0.304. The van der Waals surface area contributed by atoms with Crippen molar-refractivity contribution in [1.29, 1.82) is 0 Å². The highest BCUT2D eigenvalue weighted by atomic mass is 16.5. The Morgan fingerprint density at radius 1 is 1.28 bits per heavy atom. The first-order valence-corrected chi connectivity index (χ1v) is 9.63. The molecule has 0 spiro atoms. The first-order valence-electron chi connectivity index (χ1n) is 9.63. The summed E-state index contributed by atoms with van der Waals surface area (Å²) in [5, 5.41) is 13.5. The summed E-state index contributed by atoms with van der Waals surface area (Å²) in [7, 11) is 1.95. The molecular formula is C23H24N2O4. The van der Waals surface area contributed by atoms with E-state index in [2.05, 4.69) is 24.2 Å². The van der Waals surface area contributed by atoms with Gasteiger partial charge in [-0.1, -0.05) is 24.3 Å². The summed E-state index contributed by atoms with van der Waals surface area (Å²) in [4.78, 5) is 11.0. The second kappa shape index (κ2) is 7.62. The van der Waals surface area contributed by atoms with Gasteiger partial charge < -0.3 is 14.6 Å². The lowest BCUT2D eigenvalue weighted by Gasteiger charge is -2.10. The van der Waals surface area contributed by atoms with Gasteiger partial charge in [-0.15, -0.1) is 0 Å². The largest absolute Gasteiger partial charge is 0.492 e. The van der Waals surface area contributed by atoms with Gasteiger partial charge in [-0.2, -0.15) is 5.10 Å². The molecule has 1 aliphatic heterocycles. The fourth-order valence-corrected chi connectivity index (χ4v) is 3.90. The Bertz CT molecular complexity index is 1070. The molecule has 1 aliphatic rings. The highest BCUT2D eigenvalue weighted by molar-refractivity contribution is 5.69. The molecule has 150 valence electrons. The number of carboxylic acids is 1. The van der Waals surface area contributed by atoms with Crippen molar-refractivity contribution in [2.75, 3.05) is 6.61 Å². The molecule has 0 fully saturated rings. The Hall–Kier alpha value is -3.28. The van der Waals surface area contributed by atoms with E-state index >= 15 is 0 Å². The minimum atomic E-state index is -0.814. The minimum Gasteiger partial charge on any atom is -0.492 e. The Kier molecular flexibility index (Phi) is 5.01. The molecule has 0 radical (unpaired) electrons. The average molecular weight is 392 g/mol. The van der Waals surface area contributed by atoms with Crippen LogP contribution in [0.3, 0.4) is 0 Å². The number of carboxylic acid groups (broad SMARTS) is 1. The number of nitrogens with zero attached hydrogens (tertiary/aromatic N) is 2. The summed E-state index contributed by atoms with van der Waals surface area (Å²) in [6, 6.07) is 13.9. The predicted octanol–water partition coefficient (Wildman–Crippen LogP) is 4.23. The molecule has 0 amide bonds. The van der Waals surface area contributed by atoms with Gasteiger partial charge in [-0.3, -0.25) is 9.48 Å². The minimum absolute atomic E-state index is 0.0766. The first-order chi connectivity index (χ1) is 13.9. The summed E-state index contributed by atoms with van der Waals surface area (Å²) >= 11 is 0. The van der Waals surface area contributed by atoms with E-state index in [0.717, 1.165) is 33.6 Å². The van der Waals surface area contributed by atoms with Gasteiger partial charge in [0.1, 0.15) is 18.1 Å². The lowest BCUT2D eigenvalue weighted by atomic mass is 9.98. The summed E-state index contributed by atoms with van der Waals surface area (Å²) in [5.41, 5.74) is 6.43. The van der Waals surface area contributed by atoms with Crippen molar-refractivity contribution in [2.45, 2.75) is 32.8 Å². The van der Waals surface area contributed by atoms with Crippen LogP contribution in [0.5, 0.6) is 11.5 Å². The third-order valence-corrected chi connectivity index (χ3v) is 5.42. The normalized spacial score (nSPS) is 15.1. The zero-order valence-corrected chi connectivity index (χ0v) is 16.8. The maximum absolute atomic E-state index is 11.0. The molecule has 1 N–H and O–H groups in total. The predicted molar refractivity (Wildman–Crippen MR) is 109 cm³/mol. The molecule has 1 unspecified atom stereocenters. The van der Waals surface area contributed by atoms with Crippen molar-refractivity contribution in [2.24, 2.45) is 7.05 Å². The number of benzene rings is 2. The molecule has 6 nitrogen and oxygen atoms in total. The van der Waals surface area contributed by atoms with E-state index in [1.165, 1.54) is 0 Å². The van der Waals surface area contributed by atoms with Crippen molar-refractivity contribution in [3.8, 4) is 22.6 Å². The maximum atomic E-state index is 11.0. The number of aromatic nitrogens is 2. The van der Waals surface area contributed by atoms with Gasteiger partial charge in [0.05, 0.1) is 18.7 Å². The van der Waals surface area contributed by atoms with Gasteiger partial charge in [0.25, 0.3) is 0 Å². The molecule has 6 heteroatoms. The molecule has 0 saturated carbocycles. The van der Waals surface area contributed by atoms with Crippen LogP contribution >= 0.6 is 0 Å². The number of fused-ring (bicyclic) bond motifs is 1. The molecule has 4 rings (SSSR count). The highest BCUT2D eigenvalue weighted by Crippen LogP contribution is 2.38. The van der Waals surface area contributed by atoms with Gasteiger partial charge in [-0.05, 0) is 37.1 Å². The Morgan fingerprint density at radius 2 is 2.10 bits per heavy atom. The zero-order chi connectivity index (χ0) is 20.5. The molecule has 3 aromatic rings. The van der Waals surface area contributed by atoms with Crippen LogP contribution in [0, 0.1) is 13.8 Å². The zero-order valence-electron chi connectivity index (χ0n) is 16.8. The number of aryl methyl sites for hydroxylation is 2. The number of rotatable bonds is 6. The quantitative estimate of drug-likeness (QED) is 0.679. The maximum Gasteiger partial charge on any atom is 0.304 e. The second-order valence-electron chi connectivity index (χ2n) is 7.46. The first kappa shape index (κ1) is 19.1. The van der Waals surface area contributed by atoms with Crippen molar-refractivity contribution < 1.29 is 19.4 Å². The monoisotopic (exact) mass is 392 g/mol. The number of aliphatic carboxylic acids is 1. The summed E-state index contributed by atoms with van der Waals surface area (Å²) in [5.74, 6) is 0.507. The van der Waals surface area contributed by atoms with E-state index in [1.807, 2.05) is 49.0 Å². The van der Waals surface area contributed by atoms with Crippen LogP contribution < -0.4 is 9.47 Å². The van der Waals surface area contributed by atoms with E-state index in [9.17, 15) is 4.79 Å². The van der Waals surface area contributed by atoms with E-state index < -0.39 is 5.97 Å². The molecule has 2 heterocycles.